The summed E-state index contributed by atoms with van der Waals surface area (Å²) in [4.78, 5) is 2.47. The molecular weight excluding hydrogens is 248 g/mol. The summed E-state index contributed by atoms with van der Waals surface area (Å²) >= 11 is 0. The van der Waals surface area contributed by atoms with Gasteiger partial charge < -0.3 is 0 Å². The van der Waals surface area contributed by atoms with Crippen LogP contribution in [0.25, 0.3) is 0 Å². The van der Waals surface area contributed by atoms with E-state index in [1.807, 2.05) is 41.3 Å². The van der Waals surface area contributed by atoms with Gasteiger partial charge in [-0.2, -0.15) is 10.4 Å². The van der Waals surface area contributed by atoms with Gasteiger partial charge in [0.15, 0.2) is 0 Å². The average molecular weight is 266 g/mol. The van der Waals surface area contributed by atoms with Gasteiger partial charge in [-0.3, -0.25) is 9.58 Å². The molecule has 2 aromatic rings. The van der Waals surface area contributed by atoms with E-state index in [-0.39, 0.29) is 0 Å². The Bertz CT molecular complexity index is 597. The Balaban J connectivity index is 1.71. The first-order valence-corrected chi connectivity index (χ1v) is 7.06. The highest BCUT2D eigenvalue weighted by molar-refractivity contribution is 5.37. The molecule has 1 fully saturated rings. The standard InChI is InChI=1S/C16H18N4/c17-11-14-5-1-2-6-15(14)12-19-9-3-7-16(19)13-20-10-4-8-18-20/h1-2,4-6,8,10,16H,3,7,9,12-13H2/t16-/m0/s1. The van der Waals surface area contributed by atoms with Crippen molar-refractivity contribution in [3.05, 3.63) is 53.9 Å². The van der Waals surface area contributed by atoms with E-state index in [4.69, 9.17) is 0 Å². The molecule has 1 saturated heterocycles. The number of hydrogen-bond donors (Lipinski definition) is 0. The van der Waals surface area contributed by atoms with Crippen molar-refractivity contribution in [2.24, 2.45) is 0 Å². The fourth-order valence-electron chi connectivity index (χ4n) is 2.92. The second kappa shape index (κ2) is 5.89. The third kappa shape index (κ3) is 2.73. The van der Waals surface area contributed by atoms with Crippen LogP contribution in [-0.4, -0.2) is 27.3 Å². The minimum Gasteiger partial charge on any atom is -0.294 e. The predicted octanol–water partition coefficient (Wildman–Crippen LogP) is 2.42. The number of rotatable bonds is 4. The molecule has 0 N–H and O–H groups in total. The molecule has 1 atom stereocenters. The van der Waals surface area contributed by atoms with Crippen LogP contribution in [0.3, 0.4) is 0 Å². The lowest BCUT2D eigenvalue weighted by Gasteiger charge is -2.24. The van der Waals surface area contributed by atoms with E-state index in [1.165, 1.54) is 12.8 Å². The highest BCUT2D eigenvalue weighted by Gasteiger charge is 2.25. The van der Waals surface area contributed by atoms with Gasteiger partial charge >= 0.3 is 0 Å². The van der Waals surface area contributed by atoms with Gasteiger partial charge in [-0.15, -0.1) is 0 Å². The van der Waals surface area contributed by atoms with E-state index in [9.17, 15) is 5.26 Å². The van der Waals surface area contributed by atoms with Crippen LogP contribution in [0.1, 0.15) is 24.0 Å². The number of aromatic nitrogens is 2. The fourth-order valence-corrected chi connectivity index (χ4v) is 2.92. The van der Waals surface area contributed by atoms with Gasteiger partial charge in [0.05, 0.1) is 18.2 Å². The van der Waals surface area contributed by atoms with Gasteiger partial charge in [-0.05, 0) is 37.1 Å². The molecular formula is C16H18N4. The molecule has 102 valence electrons. The maximum absolute atomic E-state index is 9.18. The first kappa shape index (κ1) is 12.9. The van der Waals surface area contributed by atoms with Crippen LogP contribution in [0.15, 0.2) is 42.7 Å². The summed E-state index contributed by atoms with van der Waals surface area (Å²) in [7, 11) is 0. The Kier molecular flexibility index (Phi) is 3.80. The Labute approximate surface area is 119 Å². The molecule has 2 heterocycles. The van der Waals surface area contributed by atoms with E-state index < -0.39 is 0 Å². The third-order valence-electron chi connectivity index (χ3n) is 3.97. The SMILES string of the molecule is N#Cc1ccccc1CN1CCC[C@H]1Cn1cccn1. The Morgan fingerprint density at radius 3 is 3.00 bits per heavy atom. The quantitative estimate of drug-likeness (QED) is 0.853. The monoisotopic (exact) mass is 266 g/mol. The summed E-state index contributed by atoms with van der Waals surface area (Å²) < 4.78 is 2.00. The van der Waals surface area contributed by atoms with E-state index in [2.05, 4.69) is 22.1 Å². The van der Waals surface area contributed by atoms with Crippen LogP contribution in [0.4, 0.5) is 0 Å². The van der Waals surface area contributed by atoms with E-state index in [0.717, 1.165) is 30.8 Å². The smallest absolute Gasteiger partial charge is 0.0995 e. The zero-order chi connectivity index (χ0) is 13.8. The number of nitrogens with zero attached hydrogens (tertiary/aromatic N) is 4. The van der Waals surface area contributed by atoms with Crippen LogP contribution in [-0.2, 0) is 13.1 Å². The van der Waals surface area contributed by atoms with Crippen molar-refractivity contribution in [3.8, 4) is 6.07 Å². The summed E-state index contributed by atoms with van der Waals surface area (Å²) in [6.45, 7) is 2.89. The first-order valence-electron chi connectivity index (χ1n) is 7.06. The van der Waals surface area contributed by atoms with Crippen molar-refractivity contribution in [1.29, 1.82) is 5.26 Å². The summed E-state index contributed by atoms with van der Waals surface area (Å²) in [6.07, 6.45) is 6.26. The van der Waals surface area contributed by atoms with Crippen molar-refractivity contribution in [3.63, 3.8) is 0 Å². The lowest BCUT2D eigenvalue weighted by Crippen LogP contribution is -2.32. The summed E-state index contributed by atoms with van der Waals surface area (Å²) in [5, 5.41) is 13.5. The predicted molar refractivity (Wildman–Crippen MR) is 76.8 cm³/mol. The Hall–Kier alpha value is -2.12. The molecule has 3 rings (SSSR count). The molecule has 4 nitrogen and oxygen atoms in total. The zero-order valence-electron chi connectivity index (χ0n) is 11.4. The van der Waals surface area contributed by atoms with Gasteiger partial charge in [0, 0.05) is 25.0 Å². The number of hydrogen-bond acceptors (Lipinski definition) is 3. The van der Waals surface area contributed by atoms with Crippen LogP contribution in [0.2, 0.25) is 0 Å². The van der Waals surface area contributed by atoms with E-state index >= 15 is 0 Å². The molecule has 1 aromatic heterocycles. The molecule has 0 radical (unpaired) electrons. The topological polar surface area (TPSA) is 44.9 Å². The molecule has 0 unspecified atom stereocenters. The van der Waals surface area contributed by atoms with Crippen LogP contribution in [0.5, 0.6) is 0 Å². The second-order valence-corrected chi connectivity index (χ2v) is 5.26. The molecule has 0 aliphatic carbocycles. The molecule has 4 heteroatoms. The van der Waals surface area contributed by atoms with Gasteiger partial charge in [0.1, 0.15) is 0 Å². The Morgan fingerprint density at radius 1 is 1.30 bits per heavy atom. The molecule has 0 saturated carbocycles. The number of likely N-dealkylation sites (tertiary alicyclic amines) is 1. The highest BCUT2D eigenvalue weighted by atomic mass is 15.3. The lowest BCUT2D eigenvalue weighted by atomic mass is 10.1. The lowest BCUT2D eigenvalue weighted by molar-refractivity contribution is 0.219. The van der Waals surface area contributed by atoms with Gasteiger partial charge in [-0.1, -0.05) is 18.2 Å². The maximum Gasteiger partial charge on any atom is 0.0995 e. The molecule has 0 amide bonds. The van der Waals surface area contributed by atoms with Crippen LogP contribution in [0, 0.1) is 11.3 Å². The second-order valence-electron chi connectivity index (χ2n) is 5.26. The van der Waals surface area contributed by atoms with Crippen molar-refractivity contribution in [1.82, 2.24) is 14.7 Å². The minimum atomic E-state index is 0.515. The van der Waals surface area contributed by atoms with Crippen LogP contribution < -0.4 is 0 Å². The van der Waals surface area contributed by atoms with Crippen molar-refractivity contribution in [2.45, 2.75) is 32.0 Å². The zero-order valence-corrected chi connectivity index (χ0v) is 11.4. The molecule has 1 aliphatic heterocycles. The molecule has 0 spiro atoms. The number of nitriles is 1. The summed E-state index contributed by atoms with van der Waals surface area (Å²) in [5.74, 6) is 0. The molecule has 20 heavy (non-hydrogen) atoms. The van der Waals surface area contributed by atoms with Gasteiger partial charge in [-0.25, -0.2) is 0 Å². The maximum atomic E-state index is 9.18. The molecule has 1 aliphatic rings. The summed E-state index contributed by atoms with van der Waals surface area (Å²) in [6, 6.07) is 12.7. The van der Waals surface area contributed by atoms with Crippen molar-refractivity contribution >= 4 is 0 Å². The van der Waals surface area contributed by atoms with Gasteiger partial charge in [0.2, 0.25) is 0 Å². The van der Waals surface area contributed by atoms with Crippen molar-refractivity contribution in [2.75, 3.05) is 6.54 Å². The van der Waals surface area contributed by atoms with E-state index in [0.29, 0.717) is 6.04 Å². The van der Waals surface area contributed by atoms with Crippen molar-refractivity contribution < 1.29 is 0 Å². The normalized spacial score (nSPS) is 19.1. The van der Waals surface area contributed by atoms with E-state index in [1.54, 1.807) is 0 Å². The molecule has 1 aromatic carbocycles. The number of benzene rings is 1. The first-order chi connectivity index (χ1) is 9.86. The minimum absolute atomic E-state index is 0.515. The highest BCUT2D eigenvalue weighted by Crippen LogP contribution is 2.22. The average Bonchev–Trinajstić information content (AvgIpc) is 3.13. The Morgan fingerprint density at radius 2 is 2.20 bits per heavy atom. The van der Waals surface area contributed by atoms with Crippen LogP contribution >= 0.6 is 0 Å². The van der Waals surface area contributed by atoms with Gasteiger partial charge in [0.25, 0.3) is 0 Å². The largest absolute Gasteiger partial charge is 0.294 e. The third-order valence-corrected chi connectivity index (χ3v) is 3.97. The molecule has 0 bridgehead atoms. The fraction of sp³-hybridized carbons (Fsp3) is 0.375. The summed E-state index contributed by atoms with van der Waals surface area (Å²) in [5.41, 5.74) is 1.92.